The number of hydrogen-bond donors (Lipinski definition) is 1. The van der Waals surface area contributed by atoms with Crippen LogP contribution in [0.3, 0.4) is 0 Å². The van der Waals surface area contributed by atoms with Gasteiger partial charge in [-0.3, -0.25) is 4.79 Å². The molecular formula is C21H19F3N4O. The molecule has 1 aliphatic heterocycles. The van der Waals surface area contributed by atoms with E-state index in [9.17, 15) is 18.0 Å². The SMILES string of the molecule is O=C(NCC(F)(F)F)[C@H]1CCCN1c1nc(-c2ccccc2)c2ccccc2n1. The number of fused-ring (bicyclic) bond motifs is 1. The summed E-state index contributed by atoms with van der Waals surface area (Å²) in [4.78, 5) is 23.4. The second-order valence-electron chi connectivity index (χ2n) is 6.94. The molecule has 5 nitrogen and oxygen atoms in total. The van der Waals surface area contributed by atoms with Crippen LogP contribution < -0.4 is 10.2 Å². The molecule has 2 heterocycles. The fourth-order valence-corrected chi connectivity index (χ4v) is 3.59. The van der Waals surface area contributed by atoms with Gasteiger partial charge in [0.1, 0.15) is 12.6 Å². The fourth-order valence-electron chi connectivity index (χ4n) is 3.59. The zero-order chi connectivity index (χ0) is 20.4. The Morgan fingerprint density at radius 1 is 1.07 bits per heavy atom. The Hall–Kier alpha value is -3.16. The van der Waals surface area contributed by atoms with Crippen molar-refractivity contribution >= 4 is 22.8 Å². The van der Waals surface area contributed by atoms with Gasteiger partial charge in [-0.1, -0.05) is 48.5 Å². The average molecular weight is 400 g/mol. The maximum atomic E-state index is 12.5. The van der Waals surface area contributed by atoms with Gasteiger partial charge in [-0.15, -0.1) is 0 Å². The van der Waals surface area contributed by atoms with Crippen LogP contribution in [0.4, 0.5) is 19.1 Å². The topological polar surface area (TPSA) is 58.1 Å². The predicted molar refractivity (Wildman–Crippen MR) is 104 cm³/mol. The van der Waals surface area contributed by atoms with Crippen LogP contribution in [0.2, 0.25) is 0 Å². The summed E-state index contributed by atoms with van der Waals surface area (Å²) in [5.74, 6) is -0.301. The molecule has 1 saturated heterocycles. The van der Waals surface area contributed by atoms with Gasteiger partial charge in [0.2, 0.25) is 11.9 Å². The Labute approximate surface area is 165 Å². The molecule has 2 aromatic carbocycles. The number of hydrogen-bond acceptors (Lipinski definition) is 4. The lowest BCUT2D eigenvalue weighted by atomic mass is 10.1. The minimum atomic E-state index is -4.45. The van der Waals surface area contributed by atoms with Crippen molar-refractivity contribution in [2.45, 2.75) is 25.1 Å². The molecule has 29 heavy (non-hydrogen) atoms. The Kier molecular flexibility index (Phi) is 5.08. The summed E-state index contributed by atoms with van der Waals surface area (Å²) in [6.07, 6.45) is -3.31. The molecule has 0 saturated carbocycles. The van der Waals surface area contributed by atoms with Crippen LogP contribution >= 0.6 is 0 Å². The van der Waals surface area contributed by atoms with Gasteiger partial charge in [-0.2, -0.15) is 13.2 Å². The van der Waals surface area contributed by atoms with Crippen molar-refractivity contribution in [1.29, 1.82) is 0 Å². The lowest BCUT2D eigenvalue weighted by molar-refractivity contribution is -0.139. The van der Waals surface area contributed by atoms with E-state index in [2.05, 4.69) is 4.98 Å². The number of benzene rings is 2. The molecule has 1 aromatic heterocycles. The highest BCUT2D eigenvalue weighted by atomic mass is 19.4. The molecular weight excluding hydrogens is 381 g/mol. The van der Waals surface area contributed by atoms with Crippen LogP contribution in [0.1, 0.15) is 12.8 Å². The van der Waals surface area contributed by atoms with Crippen LogP contribution in [0.25, 0.3) is 22.2 Å². The van der Waals surface area contributed by atoms with Crippen LogP contribution in [-0.2, 0) is 4.79 Å². The molecule has 1 atom stereocenters. The van der Waals surface area contributed by atoms with Crippen LogP contribution in [0, 0.1) is 0 Å². The van der Waals surface area contributed by atoms with Crippen molar-refractivity contribution in [2.75, 3.05) is 18.0 Å². The molecule has 0 bridgehead atoms. The van der Waals surface area contributed by atoms with E-state index in [1.807, 2.05) is 59.9 Å². The van der Waals surface area contributed by atoms with Gasteiger partial charge in [-0.25, -0.2) is 9.97 Å². The summed E-state index contributed by atoms with van der Waals surface area (Å²) >= 11 is 0. The summed E-state index contributed by atoms with van der Waals surface area (Å²) in [5, 5.41) is 2.86. The number of carbonyl (C=O) groups is 1. The highest BCUT2D eigenvalue weighted by Crippen LogP contribution is 2.31. The molecule has 1 fully saturated rings. The molecule has 0 unspecified atom stereocenters. The maximum Gasteiger partial charge on any atom is 0.405 e. The number of nitrogens with one attached hydrogen (secondary N) is 1. The first-order chi connectivity index (χ1) is 13.9. The maximum absolute atomic E-state index is 12.5. The second-order valence-corrected chi connectivity index (χ2v) is 6.94. The summed E-state index contributed by atoms with van der Waals surface area (Å²) < 4.78 is 37.5. The Balaban J connectivity index is 1.71. The molecule has 4 rings (SSSR count). The first-order valence-electron chi connectivity index (χ1n) is 9.36. The van der Waals surface area contributed by atoms with Crippen molar-refractivity contribution < 1.29 is 18.0 Å². The Morgan fingerprint density at radius 3 is 2.55 bits per heavy atom. The van der Waals surface area contributed by atoms with Crippen LogP contribution in [-0.4, -0.2) is 41.2 Å². The molecule has 1 aliphatic rings. The normalized spacial score (nSPS) is 16.9. The molecule has 0 aliphatic carbocycles. The molecule has 3 aromatic rings. The number of alkyl halides is 3. The summed E-state index contributed by atoms with van der Waals surface area (Å²) in [6, 6.07) is 16.5. The summed E-state index contributed by atoms with van der Waals surface area (Å²) in [6.45, 7) is -0.833. The van der Waals surface area contributed by atoms with E-state index in [4.69, 9.17) is 4.98 Å². The Morgan fingerprint density at radius 2 is 1.79 bits per heavy atom. The lowest BCUT2D eigenvalue weighted by Crippen LogP contribution is -2.46. The first kappa shape index (κ1) is 19.2. The Bertz CT molecular complexity index is 1020. The number of aromatic nitrogens is 2. The number of halogens is 3. The van der Waals surface area contributed by atoms with Gasteiger partial charge >= 0.3 is 6.18 Å². The predicted octanol–water partition coefficient (Wildman–Crippen LogP) is 3.94. The molecule has 1 N–H and O–H groups in total. The van der Waals surface area contributed by atoms with Gasteiger partial charge in [0.15, 0.2) is 0 Å². The average Bonchev–Trinajstić information content (AvgIpc) is 3.21. The highest BCUT2D eigenvalue weighted by Gasteiger charge is 2.35. The monoisotopic (exact) mass is 400 g/mol. The van der Waals surface area contributed by atoms with E-state index in [-0.39, 0.29) is 0 Å². The zero-order valence-electron chi connectivity index (χ0n) is 15.5. The summed E-state index contributed by atoms with van der Waals surface area (Å²) in [7, 11) is 0. The molecule has 150 valence electrons. The van der Waals surface area contributed by atoms with E-state index >= 15 is 0 Å². The molecule has 8 heteroatoms. The van der Waals surface area contributed by atoms with E-state index in [1.54, 1.807) is 4.90 Å². The van der Waals surface area contributed by atoms with E-state index in [1.165, 1.54) is 0 Å². The third-order valence-electron chi connectivity index (χ3n) is 4.91. The smallest absolute Gasteiger partial charge is 0.345 e. The second kappa shape index (κ2) is 7.69. The van der Waals surface area contributed by atoms with Crippen molar-refractivity contribution in [3.63, 3.8) is 0 Å². The molecule has 0 spiro atoms. The zero-order valence-corrected chi connectivity index (χ0v) is 15.5. The molecule has 1 amide bonds. The van der Waals surface area contributed by atoms with E-state index < -0.39 is 24.7 Å². The van der Waals surface area contributed by atoms with Gasteiger partial charge < -0.3 is 10.2 Å². The summed E-state index contributed by atoms with van der Waals surface area (Å²) in [5.41, 5.74) is 2.36. The van der Waals surface area contributed by atoms with Crippen molar-refractivity contribution in [1.82, 2.24) is 15.3 Å². The van der Waals surface area contributed by atoms with Crippen LogP contribution in [0.15, 0.2) is 54.6 Å². The quantitative estimate of drug-likeness (QED) is 0.721. The number of carbonyl (C=O) groups excluding carboxylic acids is 1. The van der Waals surface area contributed by atoms with Gasteiger partial charge in [0, 0.05) is 17.5 Å². The number of rotatable bonds is 4. The number of nitrogens with zero attached hydrogens (tertiary/aromatic N) is 3. The van der Waals surface area contributed by atoms with Crippen molar-refractivity contribution in [2.24, 2.45) is 0 Å². The minimum absolute atomic E-state index is 0.354. The lowest BCUT2D eigenvalue weighted by Gasteiger charge is -2.25. The highest BCUT2D eigenvalue weighted by molar-refractivity contribution is 5.93. The van der Waals surface area contributed by atoms with Crippen molar-refractivity contribution in [3.8, 4) is 11.3 Å². The van der Waals surface area contributed by atoms with Gasteiger partial charge in [0.25, 0.3) is 0 Å². The fraction of sp³-hybridized carbons (Fsp3) is 0.286. The molecule has 0 radical (unpaired) electrons. The standard InChI is InChI=1S/C21H19F3N4O/c22-21(23,24)13-25-19(29)17-11-6-12-28(17)20-26-16-10-5-4-9-15(16)18(27-20)14-7-2-1-3-8-14/h1-5,7-10,17H,6,11-13H2,(H,25,29)/t17-/m1/s1. The first-order valence-corrected chi connectivity index (χ1v) is 9.36. The van der Waals surface area contributed by atoms with Crippen molar-refractivity contribution in [3.05, 3.63) is 54.6 Å². The van der Waals surface area contributed by atoms with E-state index in [0.717, 1.165) is 22.2 Å². The minimum Gasteiger partial charge on any atom is -0.345 e. The number of amides is 1. The number of anilines is 1. The third kappa shape index (κ3) is 4.16. The third-order valence-corrected chi connectivity index (χ3v) is 4.91. The van der Waals surface area contributed by atoms with Gasteiger partial charge in [-0.05, 0) is 18.9 Å². The van der Waals surface area contributed by atoms with Crippen LogP contribution in [0.5, 0.6) is 0 Å². The van der Waals surface area contributed by atoms with Gasteiger partial charge in [0.05, 0.1) is 11.2 Å². The van der Waals surface area contributed by atoms with E-state index in [0.29, 0.717) is 25.3 Å². The number of para-hydroxylation sites is 1. The largest absolute Gasteiger partial charge is 0.405 e.